The van der Waals surface area contributed by atoms with Gasteiger partial charge in [0.25, 0.3) is 0 Å². The molecule has 0 fully saturated rings. The van der Waals surface area contributed by atoms with Gasteiger partial charge in [-0.1, -0.05) is 18.2 Å². The highest BCUT2D eigenvalue weighted by atomic mass is 17.2. The normalized spacial score (nSPS) is 16.8. The number of fused-ring (bicyclic) bond motifs is 1. The molecule has 2 aliphatic heterocycles. The van der Waals surface area contributed by atoms with Crippen LogP contribution in [0.1, 0.15) is 11.1 Å². The molecule has 0 atom stereocenters. The summed E-state index contributed by atoms with van der Waals surface area (Å²) in [7, 11) is 0. The van der Waals surface area contributed by atoms with E-state index in [9.17, 15) is 0 Å². The van der Waals surface area contributed by atoms with E-state index in [0.29, 0.717) is 6.61 Å². The quantitative estimate of drug-likeness (QED) is 0.788. The van der Waals surface area contributed by atoms with Crippen LogP contribution in [-0.2, 0) is 17.9 Å². The van der Waals surface area contributed by atoms with Gasteiger partial charge in [0, 0.05) is 23.9 Å². The second-order valence-electron chi connectivity index (χ2n) is 4.04. The first-order valence-electron chi connectivity index (χ1n) is 5.62. The van der Waals surface area contributed by atoms with Crippen molar-refractivity contribution in [1.82, 2.24) is 5.32 Å². The van der Waals surface area contributed by atoms with E-state index in [1.807, 2.05) is 30.5 Å². The van der Waals surface area contributed by atoms with Crippen LogP contribution in [0.25, 0.3) is 0 Å². The third-order valence-electron chi connectivity index (χ3n) is 2.77. The molecule has 2 heterocycles. The predicted octanol–water partition coefficient (Wildman–Crippen LogP) is 2.61. The van der Waals surface area contributed by atoms with Crippen molar-refractivity contribution in [3.05, 3.63) is 65.5 Å². The molecule has 0 unspecified atom stereocenters. The summed E-state index contributed by atoms with van der Waals surface area (Å²) >= 11 is 0. The van der Waals surface area contributed by atoms with Crippen molar-refractivity contribution in [1.29, 1.82) is 0 Å². The number of allylic oxidation sites excluding steroid dienone is 5. The fraction of sp³-hybridized carbons (Fsp3) is 0.143. The van der Waals surface area contributed by atoms with Crippen LogP contribution in [0.4, 0.5) is 0 Å². The van der Waals surface area contributed by atoms with Crippen molar-refractivity contribution >= 4 is 0 Å². The standard InChI is InChI=1S/C14H13NO2/c1-2-4-13(15-7-3-1)9-11-5-6-14-12(8-11)10-16-17-14/h1-8,15H,9-10H2. The van der Waals surface area contributed by atoms with Gasteiger partial charge in [0.1, 0.15) is 6.61 Å². The van der Waals surface area contributed by atoms with Crippen LogP contribution in [0.2, 0.25) is 0 Å². The lowest BCUT2D eigenvalue weighted by molar-refractivity contribution is -0.194. The van der Waals surface area contributed by atoms with Gasteiger partial charge < -0.3 is 10.2 Å². The monoisotopic (exact) mass is 227 g/mol. The van der Waals surface area contributed by atoms with Crippen molar-refractivity contribution in [2.75, 3.05) is 0 Å². The smallest absolute Gasteiger partial charge is 0.171 e. The van der Waals surface area contributed by atoms with Crippen molar-refractivity contribution in [3.63, 3.8) is 0 Å². The summed E-state index contributed by atoms with van der Waals surface area (Å²) in [6.45, 7) is 0.537. The molecule has 0 saturated carbocycles. The largest absolute Gasteiger partial charge is 0.365 e. The minimum Gasteiger partial charge on any atom is -0.365 e. The van der Waals surface area contributed by atoms with Gasteiger partial charge in [-0.2, -0.15) is 4.89 Å². The van der Waals surface area contributed by atoms with Crippen molar-refractivity contribution in [3.8, 4) is 5.75 Å². The Morgan fingerprint density at radius 2 is 2.18 bits per heavy atom. The molecule has 0 spiro atoms. The van der Waals surface area contributed by atoms with Gasteiger partial charge in [-0.25, -0.2) is 0 Å². The van der Waals surface area contributed by atoms with Crippen LogP contribution in [0.5, 0.6) is 5.75 Å². The van der Waals surface area contributed by atoms with Crippen LogP contribution in [0, 0.1) is 0 Å². The molecule has 0 radical (unpaired) electrons. The maximum atomic E-state index is 5.01. The number of hydrogen-bond acceptors (Lipinski definition) is 3. The number of hydrogen-bond donors (Lipinski definition) is 1. The predicted molar refractivity (Wildman–Crippen MR) is 65.1 cm³/mol. The SMILES string of the molecule is C1=CC=C(Cc2ccc3c(c2)COO3)NC=C1. The molecule has 17 heavy (non-hydrogen) atoms. The fourth-order valence-corrected chi connectivity index (χ4v) is 1.92. The van der Waals surface area contributed by atoms with Crippen LogP contribution in [0.15, 0.2) is 54.4 Å². The minimum atomic E-state index is 0.537. The third kappa shape index (κ3) is 2.24. The van der Waals surface area contributed by atoms with E-state index in [2.05, 4.69) is 23.5 Å². The van der Waals surface area contributed by atoms with Gasteiger partial charge in [-0.15, -0.1) is 0 Å². The highest BCUT2D eigenvalue weighted by Gasteiger charge is 2.13. The van der Waals surface area contributed by atoms with E-state index in [-0.39, 0.29) is 0 Å². The molecule has 3 rings (SSSR count). The summed E-state index contributed by atoms with van der Waals surface area (Å²) in [4.78, 5) is 9.94. The molecule has 3 nitrogen and oxygen atoms in total. The maximum Gasteiger partial charge on any atom is 0.171 e. The van der Waals surface area contributed by atoms with Gasteiger partial charge in [0.05, 0.1) is 0 Å². The number of nitrogens with one attached hydrogen (secondary N) is 1. The Morgan fingerprint density at radius 3 is 3.18 bits per heavy atom. The number of benzene rings is 1. The van der Waals surface area contributed by atoms with E-state index in [1.165, 1.54) is 11.3 Å². The fourth-order valence-electron chi connectivity index (χ4n) is 1.92. The van der Waals surface area contributed by atoms with E-state index < -0.39 is 0 Å². The van der Waals surface area contributed by atoms with E-state index in [0.717, 1.165) is 17.7 Å². The summed E-state index contributed by atoms with van der Waals surface area (Å²) in [5.74, 6) is 0.830. The Balaban J connectivity index is 1.79. The number of rotatable bonds is 2. The van der Waals surface area contributed by atoms with Crippen LogP contribution < -0.4 is 10.2 Å². The highest BCUT2D eigenvalue weighted by molar-refractivity contribution is 5.39. The summed E-state index contributed by atoms with van der Waals surface area (Å²) in [5, 5.41) is 3.25. The molecule has 1 N–H and O–H groups in total. The van der Waals surface area contributed by atoms with Gasteiger partial charge in [0.15, 0.2) is 5.75 Å². The van der Waals surface area contributed by atoms with Crippen LogP contribution in [0.3, 0.4) is 0 Å². The second-order valence-corrected chi connectivity index (χ2v) is 4.04. The maximum absolute atomic E-state index is 5.01. The lowest BCUT2D eigenvalue weighted by Crippen LogP contribution is -2.06. The molecule has 0 saturated heterocycles. The van der Waals surface area contributed by atoms with Crippen molar-refractivity contribution in [2.45, 2.75) is 13.0 Å². The molecular formula is C14H13NO2. The molecule has 0 amide bonds. The Bertz CT molecular complexity index is 515. The average molecular weight is 227 g/mol. The summed E-state index contributed by atoms with van der Waals surface area (Å²) in [6, 6.07) is 6.15. The molecule has 1 aromatic rings. The van der Waals surface area contributed by atoms with Gasteiger partial charge in [0.2, 0.25) is 0 Å². The summed E-state index contributed by atoms with van der Waals surface area (Å²) < 4.78 is 0. The molecule has 86 valence electrons. The Labute approximate surface area is 100.0 Å². The Kier molecular flexibility index (Phi) is 2.68. The topological polar surface area (TPSA) is 30.5 Å². The van der Waals surface area contributed by atoms with Crippen molar-refractivity contribution in [2.24, 2.45) is 0 Å². The highest BCUT2D eigenvalue weighted by Crippen LogP contribution is 2.27. The van der Waals surface area contributed by atoms with Crippen molar-refractivity contribution < 1.29 is 9.78 Å². The zero-order chi connectivity index (χ0) is 11.5. The third-order valence-corrected chi connectivity index (χ3v) is 2.77. The second kappa shape index (κ2) is 4.47. The Morgan fingerprint density at radius 1 is 1.18 bits per heavy atom. The van der Waals surface area contributed by atoms with Gasteiger partial charge in [-0.05, 0) is 29.8 Å². The first-order valence-corrected chi connectivity index (χ1v) is 5.62. The minimum absolute atomic E-state index is 0.537. The lowest BCUT2D eigenvalue weighted by Gasteiger charge is -2.07. The molecule has 3 heteroatoms. The molecular weight excluding hydrogens is 214 g/mol. The Hall–Kier alpha value is -2.00. The molecule has 0 aliphatic carbocycles. The van der Waals surface area contributed by atoms with E-state index in [4.69, 9.17) is 9.78 Å². The molecule has 0 aromatic heterocycles. The van der Waals surface area contributed by atoms with Gasteiger partial charge >= 0.3 is 0 Å². The zero-order valence-electron chi connectivity index (χ0n) is 9.35. The lowest BCUT2D eigenvalue weighted by atomic mass is 10.1. The van der Waals surface area contributed by atoms with Gasteiger partial charge in [-0.3, -0.25) is 0 Å². The summed E-state index contributed by atoms with van der Waals surface area (Å²) in [6.07, 6.45) is 10.9. The average Bonchev–Trinajstić information content (AvgIpc) is 2.65. The summed E-state index contributed by atoms with van der Waals surface area (Å²) in [5.41, 5.74) is 3.54. The van der Waals surface area contributed by atoms with Crippen LogP contribution in [-0.4, -0.2) is 0 Å². The molecule has 0 bridgehead atoms. The van der Waals surface area contributed by atoms with E-state index in [1.54, 1.807) is 0 Å². The van der Waals surface area contributed by atoms with E-state index >= 15 is 0 Å². The first-order chi connectivity index (χ1) is 8.42. The zero-order valence-corrected chi connectivity index (χ0v) is 9.35. The molecule has 2 aliphatic rings. The van der Waals surface area contributed by atoms with Crippen LogP contribution >= 0.6 is 0 Å². The molecule has 1 aromatic carbocycles. The first kappa shape index (κ1) is 10.2.